The zero-order valence-electron chi connectivity index (χ0n) is 16.5. The molecule has 0 radical (unpaired) electrons. The number of aryl methyl sites for hydroxylation is 1. The lowest BCUT2D eigenvalue weighted by atomic mass is 10.0. The van der Waals surface area contributed by atoms with Gasteiger partial charge in [0.15, 0.2) is 11.5 Å². The number of nitrogens with zero attached hydrogens (tertiary/aromatic N) is 5. The molecule has 1 aliphatic rings. The highest BCUT2D eigenvalue weighted by Gasteiger charge is 2.50. The van der Waals surface area contributed by atoms with Crippen LogP contribution in [0, 0.1) is 0 Å². The van der Waals surface area contributed by atoms with E-state index in [9.17, 15) is 13.6 Å². The summed E-state index contributed by atoms with van der Waals surface area (Å²) in [7, 11) is 0. The van der Waals surface area contributed by atoms with Gasteiger partial charge in [-0.3, -0.25) is 4.79 Å². The quantitative estimate of drug-likeness (QED) is 0.487. The highest BCUT2D eigenvalue weighted by Crippen LogP contribution is 2.38. The summed E-state index contributed by atoms with van der Waals surface area (Å²) in [5.74, 6) is -3.06. The molecule has 1 aliphatic heterocycles. The van der Waals surface area contributed by atoms with Crippen molar-refractivity contribution in [3.05, 3.63) is 72.4 Å². The van der Waals surface area contributed by atoms with Crippen LogP contribution in [0.25, 0.3) is 16.8 Å². The van der Waals surface area contributed by atoms with Gasteiger partial charge in [0.05, 0.1) is 29.7 Å². The monoisotopic (exact) mass is 423 g/mol. The molecule has 5 rings (SSSR count). The number of fused-ring (bicyclic) bond motifs is 1. The Morgan fingerprint density at radius 3 is 2.65 bits per heavy atom. The van der Waals surface area contributed by atoms with Gasteiger partial charge < -0.3 is 9.32 Å². The zero-order valence-corrected chi connectivity index (χ0v) is 16.5. The molecule has 0 unspecified atom stereocenters. The van der Waals surface area contributed by atoms with Crippen LogP contribution in [0.2, 0.25) is 0 Å². The maximum absolute atomic E-state index is 14.7. The van der Waals surface area contributed by atoms with Crippen molar-refractivity contribution >= 4 is 17.0 Å². The molecule has 0 N–H and O–H groups in total. The predicted molar refractivity (Wildman–Crippen MR) is 108 cm³/mol. The highest BCUT2D eigenvalue weighted by molar-refractivity contribution is 5.98. The predicted octanol–water partition coefficient (Wildman–Crippen LogP) is 3.89. The van der Waals surface area contributed by atoms with Crippen molar-refractivity contribution in [2.75, 3.05) is 6.54 Å². The van der Waals surface area contributed by atoms with Crippen LogP contribution in [0.5, 0.6) is 0 Å². The molecule has 0 aliphatic carbocycles. The first-order valence-electron chi connectivity index (χ1n) is 10.0. The van der Waals surface area contributed by atoms with E-state index in [1.165, 1.54) is 22.1 Å². The smallest absolute Gasteiger partial charge is 0.269 e. The average Bonchev–Trinajstić information content (AvgIpc) is 3.50. The van der Waals surface area contributed by atoms with Crippen LogP contribution in [-0.2, 0) is 6.42 Å². The first-order valence-corrected chi connectivity index (χ1v) is 10.0. The Morgan fingerprint density at radius 2 is 1.84 bits per heavy atom. The van der Waals surface area contributed by atoms with Gasteiger partial charge >= 0.3 is 0 Å². The van der Waals surface area contributed by atoms with Crippen molar-refractivity contribution in [3.8, 4) is 5.69 Å². The molecule has 1 saturated heterocycles. The molecule has 31 heavy (non-hydrogen) atoms. The minimum Gasteiger partial charge on any atom is -0.441 e. The Labute approximate surface area is 176 Å². The van der Waals surface area contributed by atoms with Crippen LogP contribution < -0.4 is 0 Å². The van der Waals surface area contributed by atoms with E-state index in [-0.39, 0.29) is 31.4 Å². The van der Waals surface area contributed by atoms with E-state index < -0.39 is 17.9 Å². The molecular weight excluding hydrogens is 404 g/mol. The number of alkyl halides is 2. The number of rotatable bonds is 5. The molecule has 0 saturated carbocycles. The molecule has 2 aromatic heterocycles. The van der Waals surface area contributed by atoms with Crippen molar-refractivity contribution in [1.29, 1.82) is 0 Å². The molecule has 1 amide bonds. The summed E-state index contributed by atoms with van der Waals surface area (Å²) in [4.78, 5) is 20.2. The van der Waals surface area contributed by atoms with Crippen LogP contribution in [0.4, 0.5) is 8.78 Å². The second-order valence-electron chi connectivity index (χ2n) is 7.48. The molecule has 158 valence electrons. The van der Waals surface area contributed by atoms with E-state index in [4.69, 9.17) is 4.42 Å². The van der Waals surface area contributed by atoms with E-state index in [0.717, 1.165) is 0 Å². The van der Waals surface area contributed by atoms with E-state index in [1.807, 2.05) is 18.2 Å². The minimum absolute atomic E-state index is 0.0229. The van der Waals surface area contributed by atoms with Gasteiger partial charge in [-0.15, -0.1) is 0 Å². The number of carbonyl (C=O) groups is 1. The van der Waals surface area contributed by atoms with Gasteiger partial charge in [-0.2, -0.15) is 15.0 Å². The number of likely N-dealkylation sites (tertiary alicyclic amines) is 1. The molecule has 0 bridgehead atoms. The Bertz CT molecular complexity index is 1190. The number of para-hydroxylation sites is 3. The third-order valence-corrected chi connectivity index (χ3v) is 5.55. The molecule has 2 aromatic carbocycles. The number of oxazole rings is 1. The number of carbonyl (C=O) groups excluding carboxylic acids is 1. The number of amides is 1. The standard InChI is InChI=1S/C22H19F2N5O2/c23-22(24)11-14-28(19(22)9-10-20-27-16-6-2-4-8-18(16)31-20)21(30)15-5-1-3-7-17(15)29-25-12-13-26-29/h1-8,12-13,19H,9-11,14H2/t19-/m1/s1. The second kappa shape index (κ2) is 7.57. The van der Waals surface area contributed by atoms with Gasteiger partial charge in [0.25, 0.3) is 11.8 Å². The lowest BCUT2D eigenvalue weighted by Gasteiger charge is -2.28. The highest BCUT2D eigenvalue weighted by atomic mass is 19.3. The molecule has 3 heterocycles. The fourth-order valence-corrected chi connectivity index (χ4v) is 4.04. The zero-order chi connectivity index (χ0) is 21.4. The lowest BCUT2D eigenvalue weighted by molar-refractivity contribution is -0.0323. The number of halogens is 2. The number of benzene rings is 2. The van der Waals surface area contributed by atoms with E-state index in [0.29, 0.717) is 22.7 Å². The van der Waals surface area contributed by atoms with E-state index in [2.05, 4.69) is 15.2 Å². The lowest BCUT2D eigenvalue weighted by Crippen LogP contribution is -2.43. The SMILES string of the molecule is O=C(c1ccccc1-n1nccn1)N1CCC(F)(F)[C@H]1CCc1nc2ccccc2o1. The van der Waals surface area contributed by atoms with Crippen molar-refractivity contribution in [2.24, 2.45) is 0 Å². The van der Waals surface area contributed by atoms with Crippen molar-refractivity contribution < 1.29 is 18.0 Å². The molecule has 1 atom stereocenters. The van der Waals surface area contributed by atoms with Crippen LogP contribution in [-0.4, -0.2) is 49.3 Å². The van der Waals surface area contributed by atoms with Crippen molar-refractivity contribution in [1.82, 2.24) is 24.9 Å². The summed E-state index contributed by atoms with van der Waals surface area (Å²) in [6.07, 6.45) is 2.87. The third-order valence-electron chi connectivity index (χ3n) is 5.55. The number of hydrogen-bond donors (Lipinski definition) is 0. The molecule has 1 fully saturated rings. The van der Waals surface area contributed by atoms with Gasteiger partial charge in [-0.1, -0.05) is 24.3 Å². The summed E-state index contributed by atoms with van der Waals surface area (Å²) in [6.45, 7) is -0.0229. The Morgan fingerprint density at radius 1 is 1.10 bits per heavy atom. The Hall–Kier alpha value is -3.62. The topological polar surface area (TPSA) is 77.1 Å². The fraction of sp³-hybridized carbons (Fsp3) is 0.273. The summed E-state index contributed by atoms with van der Waals surface area (Å²) in [5.41, 5.74) is 2.03. The fourth-order valence-electron chi connectivity index (χ4n) is 4.04. The van der Waals surface area contributed by atoms with Crippen LogP contribution >= 0.6 is 0 Å². The average molecular weight is 423 g/mol. The van der Waals surface area contributed by atoms with Crippen LogP contribution in [0.1, 0.15) is 29.1 Å². The van der Waals surface area contributed by atoms with Crippen LogP contribution in [0.15, 0.2) is 65.3 Å². The summed E-state index contributed by atoms with van der Waals surface area (Å²) in [6, 6.07) is 12.8. The molecule has 0 spiro atoms. The first-order chi connectivity index (χ1) is 15.0. The molecule has 9 heteroatoms. The summed E-state index contributed by atoms with van der Waals surface area (Å²) >= 11 is 0. The van der Waals surface area contributed by atoms with Crippen molar-refractivity contribution in [3.63, 3.8) is 0 Å². The first kappa shape index (κ1) is 19.3. The van der Waals surface area contributed by atoms with Gasteiger partial charge in [0.1, 0.15) is 5.52 Å². The largest absolute Gasteiger partial charge is 0.441 e. The van der Waals surface area contributed by atoms with Gasteiger partial charge in [0, 0.05) is 19.4 Å². The third kappa shape index (κ3) is 3.56. The van der Waals surface area contributed by atoms with Gasteiger partial charge in [0.2, 0.25) is 0 Å². The maximum Gasteiger partial charge on any atom is 0.269 e. The number of hydrogen-bond acceptors (Lipinski definition) is 5. The number of aromatic nitrogens is 4. The Balaban J connectivity index is 1.40. The van der Waals surface area contributed by atoms with E-state index >= 15 is 0 Å². The normalized spacial score (nSPS) is 18.0. The van der Waals surface area contributed by atoms with Gasteiger partial charge in [-0.25, -0.2) is 13.8 Å². The molecule has 4 aromatic rings. The summed E-state index contributed by atoms with van der Waals surface area (Å²) in [5, 5.41) is 8.13. The van der Waals surface area contributed by atoms with E-state index in [1.54, 1.807) is 30.3 Å². The van der Waals surface area contributed by atoms with Crippen LogP contribution in [0.3, 0.4) is 0 Å². The van der Waals surface area contributed by atoms with Crippen molar-refractivity contribution in [2.45, 2.75) is 31.2 Å². The molecule has 7 nitrogen and oxygen atoms in total. The maximum atomic E-state index is 14.7. The second-order valence-corrected chi connectivity index (χ2v) is 7.48. The Kier molecular flexibility index (Phi) is 4.72. The molecular formula is C22H19F2N5O2. The van der Waals surface area contributed by atoms with Gasteiger partial charge in [-0.05, 0) is 30.7 Å². The minimum atomic E-state index is -2.99. The summed E-state index contributed by atoms with van der Waals surface area (Å²) < 4.78 is 35.1.